The van der Waals surface area contributed by atoms with Crippen molar-refractivity contribution in [1.29, 1.82) is 0 Å². The molecule has 2 N–H and O–H groups in total. The van der Waals surface area contributed by atoms with Crippen molar-refractivity contribution in [1.82, 2.24) is 4.90 Å². The number of likely N-dealkylation sites (tertiary alicyclic amines) is 1. The van der Waals surface area contributed by atoms with Gasteiger partial charge in [0.1, 0.15) is 0 Å². The summed E-state index contributed by atoms with van der Waals surface area (Å²) in [6.07, 6.45) is 2.48. The van der Waals surface area contributed by atoms with Gasteiger partial charge in [-0.3, -0.25) is 4.90 Å². The minimum Gasteiger partial charge on any atom is -0.381 e. The first kappa shape index (κ1) is 15.4. The van der Waals surface area contributed by atoms with Crippen molar-refractivity contribution < 1.29 is 4.74 Å². The van der Waals surface area contributed by atoms with Crippen molar-refractivity contribution in [3.8, 4) is 0 Å². The molecule has 2 unspecified atom stereocenters. The van der Waals surface area contributed by atoms with Crippen molar-refractivity contribution in [2.45, 2.75) is 31.5 Å². The number of hydrogen-bond donors (Lipinski definition) is 1. The summed E-state index contributed by atoms with van der Waals surface area (Å²) in [4.78, 5) is 2.46. The normalized spacial score (nSPS) is 24.6. The Balaban J connectivity index is 2.03. The lowest BCUT2D eigenvalue weighted by Gasteiger charge is -2.38. The molecule has 0 amide bonds. The van der Waals surface area contributed by atoms with Crippen LogP contribution in [0.5, 0.6) is 0 Å². The highest BCUT2D eigenvalue weighted by Gasteiger charge is 2.27. The molecule has 0 aromatic heterocycles. The predicted molar refractivity (Wildman–Crippen MR) is 85.1 cm³/mol. The molecule has 5 heteroatoms. The van der Waals surface area contributed by atoms with E-state index in [1.807, 2.05) is 0 Å². The van der Waals surface area contributed by atoms with Gasteiger partial charge in [-0.15, -0.1) is 0 Å². The van der Waals surface area contributed by atoms with E-state index in [2.05, 4.69) is 55.0 Å². The number of halogens is 2. The van der Waals surface area contributed by atoms with E-state index in [1.54, 1.807) is 7.11 Å². The summed E-state index contributed by atoms with van der Waals surface area (Å²) < 4.78 is 7.65. The monoisotopic (exact) mass is 390 g/mol. The van der Waals surface area contributed by atoms with Gasteiger partial charge < -0.3 is 10.5 Å². The number of nitrogens with two attached hydrogens (primary N) is 1. The summed E-state index contributed by atoms with van der Waals surface area (Å²) in [5.41, 5.74) is 7.21. The third-order valence-electron chi connectivity index (χ3n) is 3.76. The van der Waals surface area contributed by atoms with Gasteiger partial charge in [-0.25, -0.2) is 0 Å². The van der Waals surface area contributed by atoms with Crippen LogP contribution in [0.15, 0.2) is 27.1 Å². The van der Waals surface area contributed by atoms with Gasteiger partial charge in [0.05, 0.1) is 6.10 Å². The summed E-state index contributed by atoms with van der Waals surface area (Å²) in [6, 6.07) is 6.82. The third kappa shape index (κ3) is 4.02. The number of hydrogen-bond acceptors (Lipinski definition) is 3. The average Bonchev–Trinajstić information content (AvgIpc) is 2.43. The molecule has 19 heavy (non-hydrogen) atoms. The topological polar surface area (TPSA) is 38.5 Å². The van der Waals surface area contributed by atoms with Crippen molar-refractivity contribution in [3.05, 3.63) is 32.7 Å². The Bertz CT molecular complexity index is 428. The van der Waals surface area contributed by atoms with Crippen LogP contribution in [0.1, 0.15) is 18.4 Å². The van der Waals surface area contributed by atoms with Crippen molar-refractivity contribution in [2.24, 2.45) is 5.73 Å². The van der Waals surface area contributed by atoms with E-state index in [0.29, 0.717) is 18.7 Å². The molecule has 1 heterocycles. The summed E-state index contributed by atoms with van der Waals surface area (Å²) >= 11 is 7.05. The van der Waals surface area contributed by atoms with Crippen LogP contribution in [0.2, 0.25) is 0 Å². The Kier molecular flexibility index (Phi) is 5.84. The van der Waals surface area contributed by atoms with Gasteiger partial charge in [0.25, 0.3) is 0 Å². The molecule has 1 aromatic rings. The summed E-state index contributed by atoms with van der Waals surface area (Å²) in [5.74, 6) is 0. The Morgan fingerprint density at radius 3 is 2.79 bits per heavy atom. The van der Waals surface area contributed by atoms with Crippen LogP contribution in [-0.2, 0) is 11.3 Å². The lowest BCUT2D eigenvalue weighted by molar-refractivity contribution is 0.0102. The molecule has 0 radical (unpaired) electrons. The lowest BCUT2D eigenvalue weighted by Crippen LogP contribution is -2.47. The largest absolute Gasteiger partial charge is 0.381 e. The zero-order chi connectivity index (χ0) is 13.8. The molecule has 1 saturated heterocycles. The van der Waals surface area contributed by atoms with Gasteiger partial charge in [-0.05, 0) is 62.4 Å². The molecule has 2 atom stereocenters. The summed E-state index contributed by atoms with van der Waals surface area (Å²) in [5, 5.41) is 0. The van der Waals surface area contributed by atoms with Crippen molar-refractivity contribution >= 4 is 31.9 Å². The van der Waals surface area contributed by atoms with Crippen LogP contribution >= 0.6 is 31.9 Å². The van der Waals surface area contributed by atoms with Crippen LogP contribution < -0.4 is 5.73 Å². The molecule has 1 aromatic carbocycles. The molecule has 2 rings (SSSR count). The minimum atomic E-state index is 0.362. The smallest absolute Gasteiger partial charge is 0.0599 e. The zero-order valence-corrected chi connectivity index (χ0v) is 14.3. The van der Waals surface area contributed by atoms with E-state index in [-0.39, 0.29) is 0 Å². The fourth-order valence-corrected chi connectivity index (χ4v) is 3.28. The van der Waals surface area contributed by atoms with Gasteiger partial charge in [0.15, 0.2) is 0 Å². The van der Waals surface area contributed by atoms with Gasteiger partial charge in [0.2, 0.25) is 0 Å². The average molecular weight is 392 g/mol. The Hall–Kier alpha value is 0.0600. The van der Waals surface area contributed by atoms with Gasteiger partial charge >= 0.3 is 0 Å². The fourth-order valence-electron chi connectivity index (χ4n) is 2.60. The number of nitrogens with zero attached hydrogens (tertiary/aromatic N) is 1. The molecular formula is C14H20Br2N2O. The molecule has 0 bridgehead atoms. The maximum Gasteiger partial charge on any atom is 0.0599 e. The molecule has 106 valence electrons. The van der Waals surface area contributed by atoms with Crippen LogP contribution in [0.25, 0.3) is 0 Å². The summed E-state index contributed by atoms with van der Waals surface area (Å²) in [7, 11) is 1.79. The second-order valence-corrected chi connectivity index (χ2v) is 6.70. The summed E-state index contributed by atoms with van der Waals surface area (Å²) in [6.45, 7) is 2.69. The van der Waals surface area contributed by atoms with Gasteiger partial charge in [-0.2, -0.15) is 0 Å². The van der Waals surface area contributed by atoms with E-state index in [9.17, 15) is 0 Å². The second-order valence-electron chi connectivity index (χ2n) is 4.99. The lowest BCUT2D eigenvalue weighted by atomic mass is 9.98. The van der Waals surface area contributed by atoms with E-state index in [4.69, 9.17) is 10.5 Å². The first-order chi connectivity index (χ1) is 9.13. The third-order valence-corrected chi connectivity index (χ3v) is 5.64. The quantitative estimate of drug-likeness (QED) is 0.856. The molecule has 3 nitrogen and oxygen atoms in total. The zero-order valence-electron chi connectivity index (χ0n) is 11.1. The molecule has 1 fully saturated rings. The van der Waals surface area contributed by atoms with Crippen LogP contribution in [-0.4, -0.2) is 37.2 Å². The second kappa shape index (κ2) is 7.18. The highest BCUT2D eigenvalue weighted by Crippen LogP contribution is 2.26. The SMILES string of the molecule is COC1CCN(Cc2ccc(Br)c(Br)c2)C(CN)C1. The van der Waals surface area contributed by atoms with Crippen LogP contribution in [0.3, 0.4) is 0 Å². The standard InChI is InChI=1S/C14H20Br2N2O/c1-19-12-4-5-18(11(7-12)8-17)9-10-2-3-13(15)14(16)6-10/h2-3,6,11-12H,4-5,7-9,17H2,1H3. The molecule has 0 aliphatic carbocycles. The van der Waals surface area contributed by atoms with Crippen molar-refractivity contribution in [3.63, 3.8) is 0 Å². The molecule has 1 aliphatic rings. The number of piperidine rings is 1. The highest BCUT2D eigenvalue weighted by molar-refractivity contribution is 9.13. The molecule has 0 saturated carbocycles. The van der Waals surface area contributed by atoms with E-state index >= 15 is 0 Å². The maximum atomic E-state index is 5.90. The van der Waals surface area contributed by atoms with Gasteiger partial charge in [-0.1, -0.05) is 6.07 Å². The molecule has 1 aliphatic heterocycles. The molecular weight excluding hydrogens is 372 g/mol. The maximum absolute atomic E-state index is 5.90. The number of methoxy groups -OCH3 is 1. The van der Waals surface area contributed by atoms with Crippen LogP contribution in [0.4, 0.5) is 0 Å². The fraction of sp³-hybridized carbons (Fsp3) is 0.571. The Labute approximate surface area is 131 Å². The number of ether oxygens (including phenoxy) is 1. The van der Waals surface area contributed by atoms with E-state index < -0.39 is 0 Å². The number of benzene rings is 1. The van der Waals surface area contributed by atoms with E-state index in [1.165, 1.54) is 5.56 Å². The van der Waals surface area contributed by atoms with Gasteiger partial charge in [0, 0.05) is 41.7 Å². The predicted octanol–water partition coefficient (Wildman–Crippen LogP) is 3.15. The first-order valence-electron chi connectivity index (χ1n) is 6.55. The Morgan fingerprint density at radius 1 is 1.37 bits per heavy atom. The van der Waals surface area contributed by atoms with Crippen molar-refractivity contribution in [2.75, 3.05) is 20.2 Å². The van der Waals surface area contributed by atoms with Crippen LogP contribution in [0, 0.1) is 0 Å². The Morgan fingerprint density at radius 2 is 2.16 bits per heavy atom. The van der Waals surface area contributed by atoms with E-state index in [0.717, 1.165) is 34.9 Å². The molecule has 0 spiro atoms. The first-order valence-corrected chi connectivity index (χ1v) is 8.13. The highest BCUT2D eigenvalue weighted by atomic mass is 79.9. The number of rotatable bonds is 4. The minimum absolute atomic E-state index is 0.362.